The van der Waals surface area contributed by atoms with Crippen LogP contribution in [-0.4, -0.2) is 4.98 Å². The summed E-state index contributed by atoms with van der Waals surface area (Å²) in [5.41, 5.74) is 3.15. The predicted molar refractivity (Wildman–Crippen MR) is 64.2 cm³/mol. The van der Waals surface area contributed by atoms with Gasteiger partial charge in [0.25, 0.3) is 0 Å². The van der Waals surface area contributed by atoms with Crippen molar-refractivity contribution < 1.29 is 4.42 Å². The van der Waals surface area contributed by atoms with E-state index in [-0.39, 0.29) is 0 Å². The molecule has 0 radical (unpaired) electrons. The molecular formula is C14H11NO. The van der Waals surface area contributed by atoms with Gasteiger partial charge in [-0.05, 0) is 30.7 Å². The van der Waals surface area contributed by atoms with Gasteiger partial charge >= 0.3 is 0 Å². The number of aryl methyl sites for hydroxylation is 1. The molecule has 0 aliphatic carbocycles. The number of hydrogen-bond donors (Lipinski definition) is 0. The fourth-order valence-electron chi connectivity index (χ4n) is 1.84. The van der Waals surface area contributed by atoms with Gasteiger partial charge in [0.15, 0.2) is 0 Å². The number of fused-ring (bicyclic) bond motifs is 1. The van der Waals surface area contributed by atoms with Gasteiger partial charge in [0.05, 0.1) is 0 Å². The number of pyridine rings is 1. The fourth-order valence-corrected chi connectivity index (χ4v) is 1.84. The molecule has 0 spiro atoms. The molecule has 0 aliphatic heterocycles. The standard InChI is InChI=1S/C14H11NO/c1-10-6-7-15-9-12(10)14-8-11-4-2-3-5-13(11)16-14/h2-9H,1H3. The third kappa shape index (κ3) is 1.39. The molecule has 2 heterocycles. The Morgan fingerprint density at radius 3 is 2.81 bits per heavy atom. The van der Waals surface area contributed by atoms with Crippen LogP contribution in [0.2, 0.25) is 0 Å². The summed E-state index contributed by atoms with van der Waals surface area (Å²) in [5.74, 6) is 0.881. The van der Waals surface area contributed by atoms with Crippen LogP contribution >= 0.6 is 0 Å². The van der Waals surface area contributed by atoms with E-state index in [4.69, 9.17) is 4.42 Å². The number of hydrogen-bond acceptors (Lipinski definition) is 2. The number of aromatic nitrogens is 1. The highest BCUT2D eigenvalue weighted by atomic mass is 16.3. The van der Waals surface area contributed by atoms with Crippen LogP contribution in [0.25, 0.3) is 22.3 Å². The number of para-hydroxylation sites is 1. The maximum Gasteiger partial charge on any atom is 0.137 e. The van der Waals surface area contributed by atoms with E-state index in [1.54, 1.807) is 6.20 Å². The van der Waals surface area contributed by atoms with Crippen molar-refractivity contribution in [3.63, 3.8) is 0 Å². The Balaban J connectivity index is 2.23. The minimum absolute atomic E-state index is 0.881. The maximum atomic E-state index is 5.79. The lowest BCUT2D eigenvalue weighted by Gasteiger charge is -1.99. The van der Waals surface area contributed by atoms with Gasteiger partial charge in [-0.25, -0.2) is 0 Å². The smallest absolute Gasteiger partial charge is 0.137 e. The molecule has 2 nitrogen and oxygen atoms in total. The molecule has 0 atom stereocenters. The highest BCUT2D eigenvalue weighted by Crippen LogP contribution is 2.28. The molecule has 3 rings (SSSR count). The minimum Gasteiger partial charge on any atom is -0.456 e. The molecule has 0 aliphatic rings. The van der Waals surface area contributed by atoms with Crippen LogP contribution in [0.5, 0.6) is 0 Å². The zero-order valence-corrected chi connectivity index (χ0v) is 8.97. The van der Waals surface area contributed by atoms with E-state index >= 15 is 0 Å². The Hall–Kier alpha value is -2.09. The van der Waals surface area contributed by atoms with Crippen molar-refractivity contribution >= 4 is 11.0 Å². The van der Waals surface area contributed by atoms with Crippen molar-refractivity contribution in [2.75, 3.05) is 0 Å². The average molecular weight is 209 g/mol. The fraction of sp³-hybridized carbons (Fsp3) is 0.0714. The summed E-state index contributed by atoms with van der Waals surface area (Å²) in [7, 11) is 0. The normalized spacial score (nSPS) is 10.8. The van der Waals surface area contributed by atoms with Gasteiger partial charge in [0.2, 0.25) is 0 Å². The molecule has 2 heteroatoms. The lowest BCUT2D eigenvalue weighted by molar-refractivity contribution is 0.630. The quantitative estimate of drug-likeness (QED) is 0.609. The molecule has 3 aromatic rings. The zero-order chi connectivity index (χ0) is 11.0. The van der Waals surface area contributed by atoms with E-state index in [0.717, 1.165) is 22.3 Å². The lowest BCUT2D eigenvalue weighted by Crippen LogP contribution is -1.81. The second-order valence-corrected chi connectivity index (χ2v) is 3.84. The largest absolute Gasteiger partial charge is 0.456 e. The molecule has 0 N–H and O–H groups in total. The van der Waals surface area contributed by atoms with E-state index in [2.05, 4.69) is 18.0 Å². The molecule has 0 unspecified atom stereocenters. The summed E-state index contributed by atoms with van der Waals surface area (Å²) in [5, 5.41) is 1.13. The lowest BCUT2D eigenvalue weighted by atomic mass is 10.1. The van der Waals surface area contributed by atoms with E-state index in [1.165, 1.54) is 5.56 Å². The molecule has 0 bridgehead atoms. The summed E-state index contributed by atoms with van der Waals surface area (Å²) < 4.78 is 5.79. The highest BCUT2D eigenvalue weighted by Gasteiger charge is 2.07. The van der Waals surface area contributed by atoms with Gasteiger partial charge < -0.3 is 4.42 Å². The van der Waals surface area contributed by atoms with Crippen LogP contribution in [0, 0.1) is 6.92 Å². The van der Waals surface area contributed by atoms with E-state index in [9.17, 15) is 0 Å². The Morgan fingerprint density at radius 1 is 1.12 bits per heavy atom. The van der Waals surface area contributed by atoms with Crippen molar-refractivity contribution in [2.24, 2.45) is 0 Å². The number of rotatable bonds is 1. The number of furan rings is 1. The molecule has 0 saturated heterocycles. The molecule has 0 fully saturated rings. The summed E-state index contributed by atoms with van der Waals surface area (Å²) >= 11 is 0. The summed E-state index contributed by atoms with van der Waals surface area (Å²) in [6.07, 6.45) is 3.63. The van der Waals surface area contributed by atoms with Crippen molar-refractivity contribution in [2.45, 2.75) is 6.92 Å². The average Bonchev–Trinajstić information content (AvgIpc) is 2.73. The molecule has 0 amide bonds. The van der Waals surface area contributed by atoms with Crippen LogP contribution in [0.3, 0.4) is 0 Å². The first-order valence-electron chi connectivity index (χ1n) is 5.24. The minimum atomic E-state index is 0.881. The third-order valence-corrected chi connectivity index (χ3v) is 2.73. The monoisotopic (exact) mass is 209 g/mol. The Labute approximate surface area is 93.5 Å². The maximum absolute atomic E-state index is 5.79. The molecule has 2 aromatic heterocycles. The van der Waals surface area contributed by atoms with E-state index < -0.39 is 0 Å². The highest BCUT2D eigenvalue weighted by molar-refractivity contribution is 5.83. The first-order valence-corrected chi connectivity index (χ1v) is 5.24. The van der Waals surface area contributed by atoms with Crippen molar-refractivity contribution in [1.29, 1.82) is 0 Å². The summed E-state index contributed by atoms with van der Waals surface area (Å²) in [6.45, 7) is 2.06. The number of benzene rings is 1. The van der Waals surface area contributed by atoms with Crippen LogP contribution in [0.1, 0.15) is 5.56 Å². The molecule has 16 heavy (non-hydrogen) atoms. The van der Waals surface area contributed by atoms with Crippen molar-refractivity contribution in [3.8, 4) is 11.3 Å². The van der Waals surface area contributed by atoms with Gasteiger partial charge in [-0.15, -0.1) is 0 Å². The SMILES string of the molecule is Cc1ccncc1-c1cc2ccccc2o1. The topological polar surface area (TPSA) is 26.0 Å². The first kappa shape index (κ1) is 9.16. The zero-order valence-electron chi connectivity index (χ0n) is 8.97. The second-order valence-electron chi connectivity index (χ2n) is 3.84. The van der Waals surface area contributed by atoms with Crippen molar-refractivity contribution in [1.82, 2.24) is 4.98 Å². The van der Waals surface area contributed by atoms with Gasteiger partial charge in [-0.2, -0.15) is 0 Å². The Kier molecular flexibility index (Phi) is 2.00. The van der Waals surface area contributed by atoms with Gasteiger partial charge in [-0.1, -0.05) is 18.2 Å². The molecule has 0 saturated carbocycles. The van der Waals surface area contributed by atoms with Crippen LogP contribution < -0.4 is 0 Å². The molecular weight excluding hydrogens is 198 g/mol. The van der Waals surface area contributed by atoms with Gasteiger partial charge in [-0.3, -0.25) is 4.98 Å². The molecule has 1 aromatic carbocycles. The van der Waals surface area contributed by atoms with E-state index in [1.807, 2.05) is 36.5 Å². The van der Waals surface area contributed by atoms with Gasteiger partial charge in [0, 0.05) is 23.3 Å². The predicted octanol–water partition coefficient (Wildman–Crippen LogP) is 3.80. The Bertz CT molecular complexity index is 607. The second kappa shape index (κ2) is 3.49. The van der Waals surface area contributed by atoms with Gasteiger partial charge in [0.1, 0.15) is 11.3 Å². The van der Waals surface area contributed by atoms with Crippen LogP contribution in [0.15, 0.2) is 53.2 Å². The van der Waals surface area contributed by atoms with E-state index in [0.29, 0.717) is 0 Å². The summed E-state index contributed by atoms with van der Waals surface area (Å²) in [4.78, 5) is 4.13. The third-order valence-electron chi connectivity index (χ3n) is 2.73. The number of nitrogens with zero attached hydrogens (tertiary/aromatic N) is 1. The summed E-state index contributed by atoms with van der Waals surface area (Å²) in [6, 6.07) is 12.1. The van der Waals surface area contributed by atoms with Crippen molar-refractivity contribution in [3.05, 3.63) is 54.4 Å². The van der Waals surface area contributed by atoms with Crippen LogP contribution in [0.4, 0.5) is 0 Å². The molecule has 78 valence electrons. The Morgan fingerprint density at radius 2 is 2.00 bits per heavy atom. The van der Waals surface area contributed by atoms with Crippen LogP contribution in [-0.2, 0) is 0 Å². The first-order chi connectivity index (χ1) is 7.84.